The Kier molecular flexibility index (Phi) is 4.82. The molecule has 3 fully saturated rings. The Morgan fingerprint density at radius 2 is 1.64 bits per heavy atom. The van der Waals surface area contributed by atoms with Gasteiger partial charge in [0, 0.05) is 64.5 Å². The second kappa shape index (κ2) is 7.23. The van der Waals surface area contributed by atoms with Crippen molar-refractivity contribution in [3.05, 3.63) is 18.5 Å². The fourth-order valence-electron chi connectivity index (χ4n) is 3.74. The SMILES string of the molecule is O=C(CN1CCC2(CC1)OCCO2)N1CCN(c2ncccn2)CC1. The molecule has 1 spiro atoms. The lowest BCUT2D eigenvalue weighted by Gasteiger charge is -2.39. The molecule has 0 aromatic carbocycles. The second-order valence-electron chi connectivity index (χ2n) is 6.80. The lowest BCUT2D eigenvalue weighted by molar-refractivity contribution is -0.186. The summed E-state index contributed by atoms with van der Waals surface area (Å²) in [6.07, 6.45) is 5.19. The summed E-state index contributed by atoms with van der Waals surface area (Å²) in [5.41, 5.74) is 0. The third kappa shape index (κ3) is 3.75. The summed E-state index contributed by atoms with van der Waals surface area (Å²) in [5.74, 6) is 0.575. The molecule has 0 unspecified atom stereocenters. The smallest absolute Gasteiger partial charge is 0.236 e. The molecule has 1 aromatic heterocycles. The van der Waals surface area contributed by atoms with Crippen LogP contribution in [0.4, 0.5) is 5.95 Å². The maximum Gasteiger partial charge on any atom is 0.236 e. The zero-order chi connectivity index (χ0) is 17.1. The molecule has 4 rings (SSSR count). The van der Waals surface area contributed by atoms with Crippen LogP contribution in [0.5, 0.6) is 0 Å². The van der Waals surface area contributed by atoms with Gasteiger partial charge in [0.05, 0.1) is 19.8 Å². The van der Waals surface area contributed by atoms with E-state index in [1.807, 2.05) is 11.0 Å². The number of anilines is 1. The molecule has 0 atom stereocenters. The predicted molar refractivity (Wildman–Crippen MR) is 91.1 cm³/mol. The van der Waals surface area contributed by atoms with E-state index < -0.39 is 0 Å². The monoisotopic (exact) mass is 347 g/mol. The Bertz CT molecular complexity index is 575. The molecule has 4 heterocycles. The molecule has 25 heavy (non-hydrogen) atoms. The van der Waals surface area contributed by atoms with Crippen molar-refractivity contribution >= 4 is 11.9 Å². The summed E-state index contributed by atoms with van der Waals surface area (Å²) in [6, 6.07) is 1.81. The van der Waals surface area contributed by atoms with E-state index in [9.17, 15) is 4.79 Å². The highest BCUT2D eigenvalue weighted by Crippen LogP contribution is 2.31. The molecular formula is C17H25N5O3. The Balaban J connectivity index is 1.23. The van der Waals surface area contributed by atoms with Crippen molar-refractivity contribution in [3.8, 4) is 0 Å². The van der Waals surface area contributed by atoms with Gasteiger partial charge in [-0.25, -0.2) is 9.97 Å². The number of carbonyl (C=O) groups is 1. The van der Waals surface area contributed by atoms with E-state index in [0.717, 1.165) is 58.1 Å². The third-order valence-electron chi connectivity index (χ3n) is 5.26. The van der Waals surface area contributed by atoms with Crippen LogP contribution in [0, 0.1) is 0 Å². The van der Waals surface area contributed by atoms with Crippen LogP contribution in [0.25, 0.3) is 0 Å². The molecule has 3 aliphatic heterocycles. The van der Waals surface area contributed by atoms with Gasteiger partial charge in [0.1, 0.15) is 0 Å². The second-order valence-corrected chi connectivity index (χ2v) is 6.80. The highest BCUT2D eigenvalue weighted by atomic mass is 16.7. The van der Waals surface area contributed by atoms with Gasteiger partial charge in [0.15, 0.2) is 5.79 Å². The topological polar surface area (TPSA) is 71.0 Å². The van der Waals surface area contributed by atoms with Crippen LogP contribution in [0.2, 0.25) is 0 Å². The number of piperazine rings is 1. The number of amides is 1. The Labute approximate surface area is 147 Å². The molecule has 8 heteroatoms. The van der Waals surface area contributed by atoms with Crippen molar-refractivity contribution in [1.29, 1.82) is 0 Å². The largest absolute Gasteiger partial charge is 0.347 e. The zero-order valence-electron chi connectivity index (χ0n) is 14.5. The van der Waals surface area contributed by atoms with Gasteiger partial charge >= 0.3 is 0 Å². The first kappa shape index (κ1) is 16.7. The molecule has 1 amide bonds. The van der Waals surface area contributed by atoms with Gasteiger partial charge in [-0.3, -0.25) is 9.69 Å². The number of rotatable bonds is 3. The summed E-state index contributed by atoms with van der Waals surface area (Å²) >= 11 is 0. The van der Waals surface area contributed by atoms with E-state index in [2.05, 4.69) is 19.8 Å². The third-order valence-corrected chi connectivity index (χ3v) is 5.26. The highest BCUT2D eigenvalue weighted by molar-refractivity contribution is 5.78. The molecule has 8 nitrogen and oxygen atoms in total. The molecule has 1 aromatic rings. The normalized spacial score (nSPS) is 24.0. The number of ether oxygens (including phenoxy) is 2. The standard InChI is InChI=1S/C17H25N5O3/c23-15(14-20-6-2-17(3-7-20)24-12-13-25-17)21-8-10-22(11-9-21)16-18-4-1-5-19-16/h1,4-5H,2-3,6-14H2. The lowest BCUT2D eigenvalue weighted by Crippen LogP contribution is -2.53. The molecule has 3 saturated heterocycles. The van der Waals surface area contributed by atoms with Gasteiger partial charge in [0.2, 0.25) is 11.9 Å². The maximum atomic E-state index is 12.6. The predicted octanol–water partition coefficient (Wildman–Crippen LogP) is -0.0359. The number of hydrogen-bond donors (Lipinski definition) is 0. The molecule has 0 radical (unpaired) electrons. The van der Waals surface area contributed by atoms with Crippen molar-refractivity contribution in [1.82, 2.24) is 19.8 Å². The quantitative estimate of drug-likeness (QED) is 0.760. The van der Waals surface area contributed by atoms with Crippen molar-refractivity contribution in [2.75, 3.05) is 63.9 Å². The van der Waals surface area contributed by atoms with Gasteiger partial charge in [-0.15, -0.1) is 0 Å². The van der Waals surface area contributed by atoms with Crippen molar-refractivity contribution in [2.45, 2.75) is 18.6 Å². The maximum absolute atomic E-state index is 12.6. The number of carbonyl (C=O) groups excluding carboxylic acids is 1. The molecule has 3 aliphatic rings. The van der Waals surface area contributed by atoms with Crippen LogP contribution in [-0.4, -0.2) is 90.5 Å². The van der Waals surface area contributed by atoms with Crippen LogP contribution >= 0.6 is 0 Å². The van der Waals surface area contributed by atoms with E-state index in [-0.39, 0.29) is 11.7 Å². The Morgan fingerprint density at radius 1 is 1.00 bits per heavy atom. The van der Waals surface area contributed by atoms with E-state index in [0.29, 0.717) is 19.8 Å². The first-order valence-corrected chi connectivity index (χ1v) is 9.04. The fourth-order valence-corrected chi connectivity index (χ4v) is 3.74. The van der Waals surface area contributed by atoms with Crippen LogP contribution < -0.4 is 4.90 Å². The van der Waals surface area contributed by atoms with E-state index in [4.69, 9.17) is 9.47 Å². The number of hydrogen-bond acceptors (Lipinski definition) is 7. The molecule has 0 N–H and O–H groups in total. The van der Waals surface area contributed by atoms with Crippen LogP contribution in [0.1, 0.15) is 12.8 Å². The van der Waals surface area contributed by atoms with Gasteiger partial charge in [-0.1, -0.05) is 0 Å². The van der Waals surface area contributed by atoms with Crippen LogP contribution in [0.3, 0.4) is 0 Å². The summed E-state index contributed by atoms with van der Waals surface area (Å²) in [7, 11) is 0. The van der Waals surface area contributed by atoms with Gasteiger partial charge < -0.3 is 19.3 Å². The fraction of sp³-hybridized carbons (Fsp3) is 0.706. The zero-order valence-corrected chi connectivity index (χ0v) is 14.5. The molecule has 136 valence electrons. The average Bonchev–Trinajstić information content (AvgIpc) is 3.13. The van der Waals surface area contributed by atoms with E-state index >= 15 is 0 Å². The Morgan fingerprint density at radius 3 is 2.28 bits per heavy atom. The molecular weight excluding hydrogens is 322 g/mol. The lowest BCUT2D eigenvalue weighted by atomic mass is 10.0. The van der Waals surface area contributed by atoms with Crippen molar-refractivity contribution in [2.24, 2.45) is 0 Å². The van der Waals surface area contributed by atoms with Gasteiger partial charge in [-0.05, 0) is 6.07 Å². The minimum atomic E-state index is -0.374. The van der Waals surface area contributed by atoms with Crippen molar-refractivity contribution in [3.63, 3.8) is 0 Å². The van der Waals surface area contributed by atoms with E-state index in [1.54, 1.807) is 12.4 Å². The molecule has 0 bridgehead atoms. The number of nitrogens with zero attached hydrogens (tertiary/aromatic N) is 5. The minimum Gasteiger partial charge on any atom is -0.347 e. The van der Waals surface area contributed by atoms with E-state index in [1.165, 1.54) is 0 Å². The van der Waals surface area contributed by atoms with Gasteiger partial charge in [-0.2, -0.15) is 0 Å². The molecule has 0 aliphatic carbocycles. The van der Waals surface area contributed by atoms with Crippen LogP contribution in [-0.2, 0) is 14.3 Å². The average molecular weight is 347 g/mol. The van der Waals surface area contributed by atoms with Gasteiger partial charge in [0.25, 0.3) is 0 Å². The summed E-state index contributed by atoms with van der Waals surface area (Å²) in [6.45, 7) is 6.57. The number of piperidine rings is 1. The molecule has 0 saturated carbocycles. The minimum absolute atomic E-state index is 0.206. The first-order chi connectivity index (χ1) is 12.2. The van der Waals surface area contributed by atoms with Crippen LogP contribution in [0.15, 0.2) is 18.5 Å². The summed E-state index contributed by atoms with van der Waals surface area (Å²) in [4.78, 5) is 27.4. The summed E-state index contributed by atoms with van der Waals surface area (Å²) in [5, 5.41) is 0. The first-order valence-electron chi connectivity index (χ1n) is 9.04. The van der Waals surface area contributed by atoms with Crippen molar-refractivity contribution < 1.29 is 14.3 Å². The Hall–Kier alpha value is -1.77. The number of likely N-dealkylation sites (tertiary alicyclic amines) is 1. The number of aromatic nitrogens is 2. The summed E-state index contributed by atoms with van der Waals surface area (Å²) < 4.78 is 11.5. The highest BCUT2D eigenvalue weighted by Gasteiger charge is 2.40.